The van der Waals surface area contributed by atoms with Crippen LogP contribution in [0.15, 0.2) is 24.3 Å². The molecule has 0 aliphatic heterocycles. The summed E-state index contributed by atoms with van der Waals surface area (Å²) in [6.45, 7) is 1.59. The van der Waals surface area contributed by atoms with E-state index in [4.69, 9.17) is 4.74 Å². The van der Waals surface area contributed by atoms with Crippen molar-refractivity contribution in [3.63, 3.8) is 0 Å². The van der Waals surface area contributed by atoms with Crippen LogP contribution in [0.2, 0.25) is 0 Å². The first-order chi connectivity index (χ1) is 10.6. The van der Waals surface area contributed by atoms with E-state index in [1.807, 2.05) is 0 Å². The number of aromatic nitrogens is 1. The number of benzene rings is 1. The number of carbonyl (C=O) groups is 1. The molecule has 1 aliphatic carbocycles. The number of nitrogens with zero attached hydrogens (tertiary/aromatic N) is 1. The molecule has 4 nitrogen and oxygen atoms in total. The average Bonchev–Trinajstić information content (AvgIpc) is 2.91. The predicted octanol–water partition coefficient (Wildman–Crippen LogP) is 3.57. The van der Waals surface area contributed by atoms with Crippen LogP contribution in [0.5, 0.6) is 5.75 Å². The fourth-order valence-electron chi connectivity index (χ4n) is 2.40. The maximum atomic E-state index is 13.5. The van der Waals surface area contributed by atoms with Crippen LogP contribution in [0.1, 0.15) is 30.3 Å². The first-order valence-corrected chi connectivity index (χ1v) is 8.16. The summed E-state index contributed by atoms with van der Waals surface area (Å²) < 4.78 is 18.9. The number of rotatable bonds is 4. The van der Waals surface area contributed by atoms with Gasteiger partial charge in [0.25, 0.3) is 5.91 Å². The summed E-state index contributed by atoms with van der Waals surface area (Å²) in [6, 6.07) is 6.04. The first-order valence-electron chi connectivity index (χ1n) is 7.34. The van der Waals surface area contributed by atoms with Crippen molar-refractivity contribution in [2.75, 3.05) is 5.32 Å². The molecule has 1 aliphatic rings. The average molecular weight is 320 g/mol. The Morgan fingerprint density at radius 1 is 1.36 bits per heavy atom. The van der Waals surface area contributed by atoms with Crippen molar-refractivity contribution in [2.45, 2.75) is 38.7 Å². The number of hydrogen-bond donors (Lipinski definition) is 1. The fraction of sp³-hybridized carbons (Fsp3) is 0.375. The highest BCUT2D eigenvalue weighted by Gasteiger charge is 2.20. The van der Waals surface area contributed by atoms with E-state index >= 15 is 0 Å². The molecule has 1 N–H and O–H groups in total. The van der Waals surface area contributed by atoms with E-state index in [9.17, 15) is 9.18 Å². The summed E-state index contributed by atoms with van der Waals surface area (Å²) in [7, 11) is 0. The van der Waals surface area contributed by atoms with Crippen molar-refractivity contribution in [3.05, 3.63) is 40.7 Å². The van der Waals surface area contributed by atoms with E-state index in [-0.39, 0.29) is 11.7 Å². The lowest BCUT2D eigenvalue weighted by Gasteiger charge is -2.14. The number of nitrogens with one attached hydrogen (secondary N) is 1. The number of anilines is 1. The Balaban J connectivity index is 1.64. The third kappa shape index (κ3) is 3.27. The zero-order valence-corrected chi connectivity index (χ0v) is 13.1. The summed E-state index contributed by atoms with van der Waals surface area (Å²) in [5, 5.41) is 3.36. The van der Waals surface area contributed by atoms with Crippen LogP contribution in [0.25, 0.3) is 0 Å². The lowest BCUT2D eigenvalue weighted by atomic mass is 10.0. The van der Waals surface area contributed by atoms with Gasteiger partial charge in [0.1, 0.15) is 0 Å². The van der Waals surface area contributed by atoms with Gasteiger partial charge in [-0.05, 0) is 44.7 Å². The van der Waals surface area contributed by atoms with Crippen LogP contribution in [0, 0.1) is 5.82 Å². The Hall–Kier alpha value is -1.95. The maximum absolute atomic E-state index is 13.5. The van der Waals surface area contributed by atoms with Crippen molar-refractivity contribution in [1.82, 2.24) is 4.98 Å². The molecule has 3 rings (SSSR count). The number of amides is 1. The van der Waals surface area contributed by atoms with Gasteiger partial charge in [0.15, 0.2) is 22.8 Å². The molecule has 1 heterocycles. The van der Waals surface area contributed by atoms with Crippen molar-refractivity contribution >= 4 is 22.4 Å². The number of thiazole rings is 1. The highest BCUT2D eigenvalue weighted by molar-refractivity contribution is 7.15. The Bertz CT molecular complexity index is 663. The normalized spacial score (nSPS) is 15.0. The van der Waals surface area contributed by atoms with Gasteiger partial charge in [0, 0.05) is 4.88 Å². The summed E-state index contributed by atoms with van der Waals surface area (Å²) in [5.74, 6) is -0.732. The lowest BCUT2D eigenvalue weighted by Crippen LogP contribution is -2.30. The highest BCUT2D eigenvalue weighted by atomic mass is 32.1. The Morgan fingerprint density at radius 3 is 2.91 bits per heavy atom. The van der Waals surface area contributed by atoms with Gasteiger partial charge in [-0.2, -0.15) is 0 Å². The largest absolute Gasteiger partial charge is 0.478 e. The van der Waals surface area contributed by atoms with Gasteiger partial charge in [0.05, 0.1) is 5.69 Å². The van der Waals surface area contributed by atoms with Crippen molar-refractivity contribution < 1.29 is 13.9 Å². The highest BCUT2D eigenvalue weighted by Crippen LogP contribution is 2.29. The molecule has 0 saturated heterocycles. The summed E-state index contributed by atoms with van der Waals surface area (Å²) >= 11 is 1.52. The molecule has 6 heteroatoms. The van der Waals surface area contributed by atoms with Crippen LogP contribution < -0.4 is 10.1 Å². The zero-order chi connectivity index (χ0) is 15.5. The summed E-state index contributed by atoms with van der Waals surface area (Å²) in [6.07, 6.45) is 3.54. The predicted molar refractivity (Wildman–Crippen MR) is 83.9 cm³/mol. The molecule has 0 spiro atoms. The van der Waals surface area contributed by atoms with E-state index in [1.165, 1.54) is 34.8 Å². The SMILES string of the molecule is CC(Oc1ccccc1F)C(=O)Nc1nc2c(s1)CCCC2. The quantitative estimate of drug-likeness (QED) is 0.937. The second-order valence-corrected chi connectivity index (χ2v) is 6.36. The van der Waals surface area contributed by atoms with Crippen molar-refractivity contribution in [1.29, 1.82) is 0 Å². The topological polar surface area (TPSA) is 51.2 Å². The Kier molecular flexibility index (Phi) is 4.38. The molecule has 2 aromatic rings. The van der Waals surface area contributed by atoms with E-state index in [0.717, 1.165) is 25.0 Å². The Morgan fingerprint density at radius 2 is 2.14 bits per heavy atom. The van der Waals surface area contributed by atoms with E-state index in [0.29, 0.717) is 5.13 Å². The lowest BCUT2D eigenvalue weighted by molar-refractivity contribution is -0.122. The third-order valence-electron chi connectivity index (χ3n) is 3.59. The number of halogens is 1. The number of fused-ring (bicyclic) bond motifs is 1. The number of hydrogen-bond acceptors (Lipinski definition) is 4. The monoisotopic (exact) mass is 320 g/mol. The van der Waals surface area contributed by atoms with E-state index in [2.05, 4.69) is 10.3 Å². The van der Waals surface area contributed by atoms with Crippen molar-refractivity contribution in [3.8, 4) is 5.75 Å². The minimum absolute atomic E-state index is 0.0728. The number of para-hydroxylation sites is 1. The van der Waals surface area contributed by atoms with Gasteiger partial charge in [-0.15, -0.1) is 11.3 Å². The van der Waals surface area contributed by atoms with Gasteiger partial charge in [-0.3, -0.25) is 10.1 Å². The van der Waals surface area contributed by atoms with Gasteiger partial charge in [-0.1, -0.05) is 12.1 Å². The molecule has 0 fully saturated rings. The van der Waals surface area contributed by atoms with Gasteiger partial charge in [-0.25, -0.2) is 9.37 Å². The molecule has 0 saturated carbocycles. The molecule has 22 heavy (non-hydrogen) atoms. The van der Waals surface area contributed by atoms with Gasteiger partial charge >= 0.3 is 0 Å². The van der Waals surface area contributed by atoms with Crippen LogP contribution in [0.3, 0.4) is 0 Å². The number of aryl methyl sites for hydroxylation is 2. The fourth-order valence-corrected chi connectivity index (χ4v) is 3.45. The van der Waals surface area contributed by atoms with Crippen LogP contribution in [-0.2, 0) is 17.6 Å². The summed E-state index contributed by atoms with van der Waals surface area (Å²) in [5.41, 5.74) is 1.09. The van der Waals surface area contributed by atoms with E-state index < -0.39 is 11.9 Å². The molecule has 1 atom stereocenters. The molecule has 1 amide bonds. The van der Waals surface area contributed by atoms with Crippen LogP contribution in [-0.4, -0.2) is 17.0 Å². The molecule has 0 bridgehead atoms. The van der Waals surface area contributed by atoms with Crippen LogP contribution in [0.4, 0.5) is 9.52 Å². The van der Waals surface area contributed by atoms with Gasteiger partial charge in [0.2, 0.25) is 0 Å². The second-order valence-electron chi connectivity index (χ2n) is 5.28. The minimum atomic E-state index is -0.794. The zero-order valence-electron chi connectivity index (χ0n) is 12.3. The van der Waals surface area contributed by atoms with Gasteiger partial charge < -0.3 is 4.74 Å². The molecule has 116 valence electrons. The molecule has 0 radical (unpaired) electrons. The third-order valence-corrected chi connectivity index (χ3v) is 4.66. The summed E-state index contributed by atoms with van der Waals surface area (Å²) in [4.78, 5) is 17.9. The molecular formula is C16H17FN2O2S. The Labute approximate surface area is 132 Å². The molecular weight excluding hydrogens is 303 g/mol. The smallest absolute Gasteiger partial charge is 0.266 e. The van der Waals surface area contributed by atoms with E-state index in [1.54, 1.807) is 19.1 Å². The molecule has 1 aromatic heterocycles. The van der Waals surface area contributed by atoms with Crippen LogP contribution >= 0.6 is 11.3 Å². The molecule has 1 unspecified atom stereocenters. The molecule has 1 aromatic carbocycles. The number of ether oxygens (including phenoxy) is 1. The standard InChI is InChI=1S/C16H17FN2O2S/c1-10(21-13-8-4-2-6-11(13)17)15(20)19-16-18-12-7-3-5-9-14(12)22-16/h2,4,6,8,10H,3,5,7,9H2,1H3,(H,18,19,20). The second kappa shape index (κ2) is 6.44. The maximum Gasteiger partial charge on any atom is 0.266 e. The van der Waals surface area contributed by atoms with Crippen molar-refractivity contribution in [2.24, 2.45) is 0 Å². The first kappa shape index (κ1) is 15.0. The minimum Gasteiger partial charge on any atom is -0.478 e. The number of carbonyl (C=O) groups excluding carboxylic acids is 1.